The molecule has 0 aliphatic rings. The second kappa shape index (κ2) is 13.2. The number of para-hydroxylation sites is 1. The summed E-state index contributed by atoms with van der Waals surface area (Å²) in [5.74, 6) is 0.604. The average molecular weight is 470 g/mol. The van der Waals surface area contributed by atoms with Gasteiger partial charge in [0.2, 0.25) is 5.88 Å². The minimum Gasteiger partial charge on any atom is -0.438 e. The zero-order chi connectivity index (χ0) is 24.3. The number of methoxy groups -OCH3 is 1. The van der Waals surface area contributed by atoms with Crippen molar-refractivity contribution in [1.29, 1.82) is 0 Å². The molecule has 34 heavy (non-hydrogen) atoms. The van der Waals surface area contributed by atoms with Crippen LogP contribution in [0.15, 0.2) is 54.6 Å². The summed E-state index contributed by atoms with van der Waals surface area (Å²) in [6.45, 7) is 6.46. The summed E-state index contributed by atoms with van der Waals surface area (Å²) in [7, 11) is 1.68. The van der Waals surface area contributed by atoms with Crippen LogP contribution in [-0.2, 0) is 17.7 Å². The molecule has 0 aliphatic heterocycles. The lowest BCUT2D eigenvalue weighted by Crippen LogP contribution is -2.34. The maximum atomic E-state index is 13.9. The van der Waals surface area contributed by atoms with Gasteiger partial charge in [-0.1, -0.05) is 51.0 Å². The van der Waals surface area contributed by atoms with Crippen LogP contribution in [-0.4, -0.2) is 52.7 Å². The van der Waals surface area contributed by atoms with E-state index in [0.717, 1.165) is 36.2 Å². The third-order valence-electron chi connectivity index (χ3n) is 5.72. The lowest BCUT2D eigenvalue weighted by molar-refractivity contribution is 0.0786. The monoisotopic (exact) mass is 469 g/mol. The minimum absolute atomic E-state index is 0.360. The van der Waals surface area contributed by atoms with Crippen molar-refractivity contribution in [2.24, 2.45) is 0 Å². The summed E-state index contributed by atoms with van der Waals surface area (Å²) in [4.78, 5) is 2.17. The Balaban J connectivity index is 1.99. The molecule has 1 heterocycles. The van der Waals surface area contributed by atoms with Gasteiger partial charge in [-0.2, -0.15) is 5.10 Å². The molecular formula is C27H36FN3O3. The lowest BCUT2D eigenvalue weighted by atomic mass is 10.1. The number of hydrogen-bond donors (Lipinski definition) is 1. The number of nitrogens with zero attached hydrogens (tertiary/aromatic N) is 3. The van der Waals surface area contributed by atoms with Gasteiger partial charge in [-0.25, -0.2) is 9.07 Å². The van der Waals surface area contributed by atoms with Gasteiger partial charge in [0, 0.05) is 32.8 Å². The van der Waals surface area contributed by atoms with Crippen LogP contribution in [0.1, 0.15) is 44.4 Å². The normalized spacial score (nSPS) is 12.3. The Morgan fingerprint density at radius 1 is 1.12 bits per heavy atom. The number of benzene rings is 2. The number of unbranched alkanes of at least 4 members (excludes halogenated alkanes) is 1. The first-order valence-corrected chi connectivity index (χ1v) is 12.0. The van der Waals surface area contributed by atoms with E-state index in [2.05, 4.69) is 18.7 Å². The van der Waals surface area contributed by atoms with Crippen LogP contribution in [0.2, 0.25) is 0 Å². The van der Waals surface area contributed by atoms with E-state index in [0.29, 0.717) is 44.3 Å². The molecule has 0 unspecified atom stereocenters. The molecule has 1 N–H and O–H groups in total. The first-order chi connectivity index (χ1) is 16.5. The van der Waals surface area contributed by atoms with Crippen LogP contribution < -0.4 is 4.74 Å². The SMILES string of the molecule is CCCC[C@H](O)CN(CCOC)Cc1c(CC)nn(-c2ccccc2)c1Oc1cccc(F)c1. The lowest BCUT2D eigenvalue weighted by Gasteiger charge is -2.25. The van der Waals surface area contributed by atoms with Gasteiger partial charge >= 0.3 is 0 Å². The maximum Gasteiger partial charge on any atom is 0.227 e. The van der Waals surface area contributed by atoms with Crippen LogP contribution in [0.4, 0.5) is 4.39 Å². The highest BCUT2D eigenvalue weighted by molar-refractivity contribution is 5.43. The van der Waals surface area contributed by atoms with E-state index in [1.807, 2.05) is 30.3 Å². The van der Waals surface area contributed by atoms with E-state index in [1.54, 1.807) is 23.9 Å². The van der Waals surface area contributed by atoms with E-state index in [9.17, 15) is 9.50 Å². The summed E-state index contributed by atoms with van der Waals surface area (Å²) in [5, 5.41) is 15.5. The van der Waals surface area contributed by atoms with Crippen molar-refractivity contribution in [2.45, 2.75) is 52.2 Å². The molecule has 0 bridgehead atoms. The number of aliphatic hydroxyl groups is 1. The molecule has 6 nitrogen and oxygen atoms in total. The molecule has 0 aliphatic carbocycles. The Morgan fingerprint density at radius 2 is 1.91 bits per heavy atom. The summed E-state index contributed by atoms with van der Waals surface area (Å²) >= 11 is 0. The number of ether oxygens (including phenoxy) is 2. The van der Waals surface area contributed by atoms with Gasteiger partial charge in [-0.3, -0.25) is 4.90 Å². The molecule has 0 radical (unpaired) electrons. The summed E-state index contributed by atoms with van der Waals surface area (Å²) in [6.07, 6.45) is 3.09. The molecular weight excluding hydrogens is 433 g/mol. The quantitative estimate of drug-likeness (QED) is 0.344. The second-order valence-electron chi connectivity index (χ2n) is 8.41. The Labute approximate surface area is 201 Å². The van der Waals surface area contributed by atoms with Gasteiger partial charge in [-0.05, 0) is 37.1 Å². The Morgan fingerprint density at radius 3 is 2.59 bits per heavy atom. The van der Waals surface area contributed by atoms with Gasteiger partial charge in [0.05, 0.1) is 29.7 Å². The maximum absolute atomic E-state index is 13.9. The molecule has 3 aromatic rings. The van der Waals surface area contributed by atoms with E-state index < -0.39 is 6.10 Å². The molecule has 1 aromatic heterocycles. The molecule has 184 valence electrons. The van der Waals surface area contributed by atoms with Crippen LogP contribution >= 0.6 is 0 Å². The van der Waals surface area contributed by atoms with Crippen molar-refractivity contribution in [2.75, 3.05) is 26.8 Å². The minimum atomic E-state index is -0.418. The van der Waals surface area contributed by atoms with Crippen LogP contribution in [0.25, 0.3) is 5.69 Å². The van der Waals surface area contributed by atoms with Crippen molar-refractivity contribution < 1.29 is 19.0 Å². The molecule has 3 rings (SSSR count). The van der Waals surface area contributed by atoms with Gasteiger partial charge in [0.15, 0.2) is 0 Å². The van der Waals surface area contributed by atoms with Crippen molar-refractivity contribution in [1.82, 2.24) is 14.7 Å². The highest BCUT2D eigenvalue weighted by atomic mass is 19.1. The summed E-state index contributed by atoms with van der Waals surface area (Å²) < 4.78 is 27.3. The predicted molar refractivity (Wildman–Crippen MR) is 132 cm³/mol. The highest BCUT2D eigenvalue weighted by Gasteiger charge is 2.23. The van der Waals surface area contributed by atoms with Crippen LogP contribution in [0, 0.1) is 5.82 Å². The Bertz CT molecular complexity index is 1010. The fourth-order valence-corrected chi connectivity index (χ4v) is 3.92. The van der Waals surface area contributed by atoms with E-state index in [1.165, 1.54) is 12.1 Å². The standard InChI is InChI=1S/C27H36FN3O3/c1-4-6-14-23(32)19-30(16-17-33-3)20-25-26(5-2)29-31(22-12-8-7-9-13-22)27(25)34-24-15-10-11-21(28)18-24/h7-13,15,18,23,32H,4-6,14,16-17,19-20H2,1-3H3/t23-/m0/s1. The summed E-state index contributed by atoms with van der Waals surface area (Å²) in [5.41, 5.74) is 2.69. The fourth-order valence-electron chi connectivity index (χ4n) is 3.92. The Hall–Kier alpha value is -2.74. The predicted octanol–water partition coefficient (Wildman–Crippen LogP) is 5.37. The molecule has 7 heteroatoms. The number of hydrogen-bond acceptors (Lipinski definition) is 5. The first kappa shape index (κ1) is 25.9. The highest BCUT2D eigenvalue weighted by Crippen LogP contribution is 2.32. The van der Waals surface area contributed by atoms with Gasteiger partial charge in [0.1, 0.15) is 11.6 Å². The van der Waals surface area contributed by atoms with Gasteiger partial charge < -0.3 is 14.6 Å². The number of rotatable bonds is 14. The Kier molecular flexibility index (Phi) is 10.1. The number of aryl methyl sites for hydroxylation is 1. The zero-order valence-corrected chi connectivity index (χ0v) is 20.4. The second-order valence-corrected chi connectivity index (χ2v) is 8.41. The van der Waals surface area contributed by atoms with Crippen molar-refractivity contribution in [3.8, 4) is 17.3 Å². The van der Waals surface area contributed by atoms with Crippen molar-refractivity contribution >= 4 is 0 Å². The van der Waals surface area contributed by atoms with Crippen LogP contribution in [0.5, 0.6) is 11.6 Å². The number of aliphatic hydroxyl groups excluding tert-OH is 1. The van der Waals surface area contributed by atoms with E-state index in [-0.39, 0.29) is 5.82 Å². The summed E-state index contributed by atoms with van der Waals surface area (Å²) in [6, 6.07) is 15.9. The molecule has 0 saturated carbocycles. The molecule has 0 amide bonds. The first-order valence-electron chi connectivity index (χ1n) is 12.0. The van der Waals surface area contributed by atoms with E-state index >= 15 is 0 Å². The molecule has 0 fully saturated rings. The zero-order valence-electron chi connectivity index (χ0n) is 20.4. The molecule has 0 saturated heterocycles. The van der Waals surface area contributed by atoms with Crippen molar-refractivity contribution in [3.63, 3.8) is 0 Å². The van der Waals surface area contributed by atoms with Gasteiger partial charge in [0.25, 0.3) is 0 Å². The molecule has 0 spiro atoms. The van der Waals surface area contributed by atoms with Crippen LogP contribution in [0.3, 0.4) is 0 Å². The topological polar surface area (TPSA) is 59.8 Å². The molecule has 1 atom stereocenters. The van der Waals surface area contributed by atoms with E-state index in [4.69, 9.17) is 14.6 Å². The third kappa shape index (κ3) is 7.13. The third-order valence-corrected chi connectivity index (χ3v) is 5.72. The number of aromatic nitrogens is 2. The van der Waals surface area contributed by atoms with Crippen molar-refractivity contribution in [3.05, 3.63) is 71.7 Å². The smallest absolute Gasteiger partial charge is 0.227 e. The average Bonchev–Trinajstić information content (AvgIpc) is 3.18. The molecule has 2 aromatic carbocycles. The largest absolute Gasteiger partial charge is 0.438 e. The fraction of sp³-hybridized carbons (Fsp3) is 0.444. The van der Waals surface area contributed by atoms with Gasteiger partial charge in [-0.15, -0.1) is 0 Å². The number of halogens is 1.